The first-order valence-electron chi connectivity index (χ1n) is 7.42. The second-order valence-electron chi connectivity index (χ2n) is 6.11. The molecule has 0 bridgehead atoms. The van der Waals surface area contributed by atoms with Crippen LogP contribution in [0.3, 0.4) is 0 Å². The third kappa shape index (κ3) is 2.61. The number of carbonyl (C=O) groups is 2. The van der Waals surface area contributed by atoms with Crippen molar-refractivity contribution in [1.29, 1.82) is 0 Å². The molecule has 0 aromatic rings. The summed E-state index contributed by atoms with van der Waals surface area (Å²) < 4.78 is 0. The van der Waals surface area contributed by atoms with Crippen molar-refractivity contribution in [3.63, 3.8) is 0 Å². The molecule has 1 unspecified atom stereocenters. The Balaban J connectivity index is 1.56. The minimum atomic E-state index is -0.813. The van der Waals surface area contributed by atoms with Gasteiger partial charge in [0.1, 0.15) is 0 Å². The fourth-order valence-corrected chi connectivity index (χ4v) is 3.54. The number of hydrogen-bond acceptors (Lipinski definition) is 3. The molecule has 0 aromatic heterocycles. The molecule has 19 heavy (non-hydrogen) atoms. The van der Waals surface area contributed by atoms with E-state index in [-0.39, 0.29) is 11.8 Å². The van der Waals surface area contributed by atoms with Crippen LogP contribution in [0, 0.1) is 11.8 Å². The first-order chi connectivity index (χ1) is 9.16. The normalized spacial score (nSPS) is 35.4. The van der Waals surface area contributed by atoms with E-state index in [1.54, 1.807) is 0 Å². The van der Waals surface area contributed by atoms with Gasteiger partial charge in [-0.3, -0.25) is 14.5 Å². The largest absolute Gasteiger partial charge is 0.481 e. The van der Waals surface area contributed by atoms with Crippen molar-refractivity contribution >= 4 is 11.9 Å². The zero-order chi connectivity index (χ0) is 13.4. The van der Waals surface area contributed by atoms with Gasteiger partial charge in [-0.25, -0.2) is 0 Å². The molecule has 3 rings (SSSR count). The van der Waals surface area contributed by atoms with Crippen LogP contribution < -0.4 is 0 Å². The fraction of sp³-hybridized carbons (Fsp3) is 0.857. The average molecular weight is 266 g/mol. The molecule has 2 aliphatic heterocycles. The molecular weight excluding hydrogens is 244 g/mol. The Morgan fingerprint density at radius 2 is 1.74 bits per heavy atom. The number of likely N-dealkylation sites (tertiary alicyclic amines) is 2. The molecule has 2 heterocycles. The molecule has 3 atom stereocenters. The van der Waals surface area contributed by atoms with Crippen molar-refractivity contribution in [2.75, 3.05) is 26.2 Å². The van der Waals surface area contributed by atoms with Crippen molar-refractivity contribution in [2.45, 2.75) is 38.1 Å². The molecule has 1 saturated carbocycles. The standard InChI is InChI=1S/C14H22N2O3/c17-13(11-8-12(11)14(18)19)16-7-3-4-10(9-16)15-5-1-2-6-15/h10-12H,1-9H2,(H,18,19)/t10?,11-,12+/m1/s1. The highest BCUT2D eigenvalue weighted by Crippen LogP contribution is 2.40. The van der Waals surface area contributed by atoms with Crippen molar-refractivity contribution in [2.24, 2.45) is 11.8 Å². The molecule has 106 valence electrons. The van der Waals surface area contributed by atoms with Crippen molar-refractivity contribution < 1.29 is 14.7 Å². The molecule has 0 radical (unpaired) electrons. The lowest BCUT2D eigenvalue weighted by Gasteiger charge is -2.37. The molecule has 1 aliphatic carbocycles. The van der Waals surface area contributed by atoms with Gasteiger partial charge < -0.3 is 10.0 Å². The number of carboxylic acids is 1. The molecule has 5 heteroatoms. The zero-order valence-corrected chi connectivity index (χ0v) is 11.3. The molecule has 1 amide bonds. The summed E-state index contributed by atoms with van der Waals surface area (Å²) in [6.45, 7) is 3.94. The summed E-state index contributed by atoms with van der Waals surface area (Å²) in [4.78, 5) is 27.6. The van der Waals surface area contributed by atoms with Crippen molar-refractivity contribution in [3.8, 4) is 0 Å². The lowest BCUT2D eigenvalue weighted by molar-refractivity contribution is -0.142. The summed E-state index contributed by atoms with van der Waals surface area (Å²) in [6, 6.07) is 0.502. The summed E-state index contributed by atoms with van der Waals surface area (Å²) in [5.74, 6) is -1.39. The van der Waals surface area contributed by atoms with E-state index < -0.39 is 11.9 Å². The summed E-state index contributed by atoms with van der Waals surface area (Å²) in [7, 11) is 0. The highest BCUT2D eigenvalue weighted by atomic mass is 16.4. The minimum absolute atomic E-state index is 0.0799. The number of carboxylic acid groups (broad SMARTS) is 1. The SMILES string of the molecule is O=C(O)[C@H]1C[C@H]1C(=O)N1CCCC(N2CCCC2)C1. The number of aliphatic carboxylic acids is 1. The van der Waals surface area contributed by atoms with E-state index >= 15 is 0 Å². The maximum Gasteiger partial charge on any atom is 0.307 e. The average Bonchev–Trinajstić information content (AvgIpc) is 3.04. The van der Waals surface area contributed by atoms with Crippen LogP contribution in [0.15, 0.2) is 0 Å². The lowest BCUT2D eigenvalue weighted by Crippen LogP contribution is -2.49. The molecule has 3 fully saturated rings. The minimum Gasteiger partial charge on any atom is -0.481 e. The molecular formula is C14H22N2O3. The fourth-order valence-electron chi connectivity index (χ4n) is 3.54. The number of rotatable bonds is 3. The highest BCUT2D eigenvalue weighted by molar-refractivity contribution is 5.89. The van der Waals surface area contributed by atoms with Gasteiger partial charge in [0.25, 0.3) is 0 Å². The van der Waals surface area contributed by atoms with Crippen LogP contribution >= 0.6 is 0 Å². The van der Waals surface area contributed by atoms with Gasteiger partial charge in [0.2, 0.25) is 5.91 Å². The van der Waals surface area contributed by atoms with Gasteiger partial charge in [0.15, 0.2) is 0 Å². The first kappa shape index (κ1) is 12.9. The molecule has 2 saturated heterocycles. The van der Waals surface area contributed by atoms with Crippen LogP contribution in [0.4, 0.5) is 0 Å². The van der Waals surface area contributed by atoms with Gasteiger partial charge in [0, 0.05) is 19.1 Å². The van der Waals surface area contributed by atoms with Gasteiger partial charge in [-0.15, -0.1) is 0 Å². The van der Waals surface area contributed by atoms with E-state index in [4.69, 9.17) is 5.11 Å². The lowest BCUT2D eigenvalue weighted by atomic mass is 10.0. The van der Waals surface area contributed by atoms with E-state index in [1.807, 2.05) is 4.90 Å². The second kappa shape index (κ2) is 5.12. The Morgan fingerprint density at radius 1 is 1.00 bits per heavy atom. The Hall–Kier alpha value is -1.10. The van der Waals surface area contributed by atoms with E-state index in [2.05, 4.69) is 4.90 Å². The quantitative estimate of drug-likeness (QED) is 0.820. The van der Waals surface area contributed by atoms with Crippen LogP contribution in [0.1, 0.15) is 32.1 Å². The molecule has 0 spiro atoms. The number of hydrogen-bond donors (Lipinski definition) is 1. The van der Waals surface area contributed by atoms with E-state index in [0.29, 0.717) is 12.5 Å². The number of nitrogens with zero attached hydrogens (tertiary/aromatic N) is 2. The second-order valence-corrected chi connectivity index (χ2v) is 6.11. The smallest absolute Gasteiger partial charge is 0.307 e. The van der Waals surface area contributed by atoms with Crippen molar-refractivity contribution in [1.82, 2.24) is 9.80 Å². The Morgan fingerprint density at radius 3 is 2.37 bits per heavy atom. The molecule has 0 aromatic carbocycles. The van der Waals surface area contributed by atoms with Crippen LogP contribution in [-0.2, 0) is 9.59 Å². The van der Waals surface area contributed by atoms with Crippen LogP contribution in [0.25, 0.3) is 0 Å². The molecule has 5 nitrogen and oxygen atoms in total. The number of carbonyl (C=O) groups excluding carboxylic acids is 1. The van der Waals surface area contributed by atoms with Gasteiger partial charge in [-0.2, -0.15) is 0 Å². The summed E-state index contributed by atoms with van der Waals surface area (Å²) >= 11 is 0. The summed E-state index contributed by atoms with van der Waals surface area (Å²) in [6.07, 6.45) is 5.32. The maximum atomic E-state index is 12.3. The van der Waals surface area contributed by atoms with Crippen LogP contribution in [-0.4, -0.2) is 59.0 Å². The van der Waals surface area contributed by atoms with Gasteiger partial charge in [-0.1, -0.05) is 0 Å². The maximum absolute atomic E-state index is 12.3. The number of piperidine rings is 1. The zero-order valence-electron chi connectivity index (χ0n) is 11.3. The van der Waals surface area contributed by atoms with E-state index in [1.165, 1.54) is 19.3 Å². The number of amides is 1. The molecule has 1 N–H and O–H groups in total. The van der Waals surface area contributed by atoms with Crippen LogP contribution in [0.5, 0.6) is 0 Å². The Bertz CT molecular complexity index is 379. The monoisotopic (exact) mass is 266 g/mol. The van der Waals surface area contributed by atoms with E-state index in [0.717, 1.165) is 32.6 Å². The van der Waals surface area contributed by atoms with Crippen molar-refractivity contribution in [3.05, 3.63) is 0 Å². The Kier molecular flexibility index (Phi) is 3.48. The Labute approximate surface area is 113 Å². The summed E-state index contributed by atoms with van der Waals surface area (Å²) in [5.41, 5.74) is 0. The van der Waals surface area contributed by atoms with E-state index in [9.17, 15) is 9.59 Å². The predicted molar refractivity (Wildman–Crippen MR) is 69.6 cm³/mol. The van der Waals surface area contributed by atoms with Gasteiger partial charge in [0.05, 0.1) is 11.8 Å². The predicted octanol–water partition coefficient (Wildman–Crippen LogP) is 0.794. The third-order valence-corrected chi connectivity index (χ3v) is 4.79. The van der Waals surface area contributed by atoms with Gasteiger partial charge in [-0.05, 0) is 45.2 Å². The highest BCUT2D eigenvalue weighted by Gasteiger charge is 2.50. The first-order valence-corrected chi connectivity index (χ1v) is 7.42. The summed E-state index contributed by atoms with van der Waals surface area (Å²) in [5, 5.41) is 8.92. The molecule has 3 aliphatic rings. The van der Waals surface area contributed by atoms with Crippen LogP contribution in [0.2, 0.25) is 0 Å². The van der Waals surface area contributed by atoms with Gasteiger partial charge >= 0.3 is 5.97 Å². The topological polar surface area (TPSA) is 60.9 Å². The third-order valence-electron chi connectivity index (χ3n) is 4.79.